The highest BCUT2D eigenvalue weighted by Gasteiger charge is 2.35. The smallest absolute Gasteiger partial charge is 0.323 e. The molecular weight excluding hydrogens is 310 g/mol. The van der Waals surface area contributed by atoms with Gasteiger partial charge in [0.25, 0.3) is 0 Å². The molecule has 0 aliphatic rings. The maximum absolute atomic E-state index is 11.6. The minimum Gasteiger partial charge on any atom is -0.480 e. The van der Waals surface area contributed by atoms with Crippen LogP contribution in [0.4, 0.5) is 0 Å². The number of likely N-dealkylation sites (N-methyl/N-ethyl adjacent to an activating group) is 1. The van der Waals surface area contributed by atoms with E-state index in [0.717, 1.165) is 42.9 Å². The third kappa shape index (κ3) is 6.94. The molecule has 1 rings (SSSR count). The van der Waals surface area contributed by atoms with Crippen LogP contribution in [0.5, 0.6) is 0 Å². The second kappa shape index (κ2) is 10.7. The molecule has 0 bridgehead atoms. The maximum Gasteiger partial charge on any atom is 0.323 e. The van der Waals surface area contributed by atoms with Gasteiger partial charge in [-0.15, -0.1) is 0 Å². The predicted octanol–water partition coefficient (Wildman–Crippen LogP) is 3.01. The Bertz CT molecular complexity index is 470. The third-order valence-electron chi connectivity index (χ3n) is 4.15. The predicted molar refractivity (Wildman–Crippen MR) is 96.2 cm³/mol. The van der Waals surface area contributed by atoms with Crippen molar-refractivity contribution in [2.24, 2.45) is 0 Å². The van der Waals surface area contributed by atoms with E-state index in [9.17, 15) is 9.90 Å². The standard InChI is InChI=1S/C17H26BClN2O2/c1-20-17(16(22)23,9-2-3-11-18)10-4-12-21-13-14-5-7-15(19)8-6-14/h5-8,20-21H,2-4,9-13H2,1H3,(H,22,23). The lowest BCUT2D eigenvalue weighted by molar-refractivity contribution is -0.145. The first kappa shape index (κ1) is 20.0. The molecule has 0 saturated carbocycles. The van der Waals surface area contributed by atoms with Gasteiger partial charge in [0, 0.05) is 11.6 Å². The molecule has 1 aromatic rings. The lowest BCUT2D eigenvalue weighted by Crippen LogP contribution is -2.50. The Hall–Kier alpha value is -1.04. The van der Waals surface area contributed by atoms with Gasteiger partial charge in [0.2, 0.25) is 0 Å². The Morgan fingerprint density at radius 2 is 1.87 bits per heavy atom. The summed E-state index contributed by atoms with van der Waals surface area (Å²) in [5.74, 6) is -0.783. The molecule has 1 unspecified atom stereocenters. The van der Waals surface area contributed by atoms with E-state index < -0.39 is 11.5 Å². The van der Waals surface area contributed by atoms with Crippen molar-refractivity contribution < 1.29 is 9.90 Å². The van der Waals surface area contributed by atoms with E-state index in [1.54, 1.807) is 7.05 Å². The molecule has 4 nitrogen and oxygen atoms in total. The van der Waals surface area contributed by atoms with E-state index in [1.165, 1.54) is 0 Å². The van der Waals surface area contributed by atoms with Crippen molar-refractivity contribution in [3.63, 3.8) is 0 Å². The van der Waals surface area contributed by atoms with Crippen LogP contribution < -0.4 is 10.6 Å². The maximum atomic E-state index is 11.6. The molecule has 0 aliphatic heterocycles. The van der Waals surface area contributed by atoms with E-state index >= 15 is 0 Å². The average molecular weight is 337 g/mol. The van der Waals surface area contributed by atoms with E-state index in [2.05, 4.69) is 10.6 Å². The topological polar surface area (TPSA) is 61.4 Å². The summed E-state index contributed by atoms with van der Waals surface area (Å²) in [6.07, 6.45) is 4.27. The highest BCUT2D eigenvalue weighted by Crippen LogP contribution is 2.21. The van der Waals surface area contributed by atoms with Crippen LogP contribution in [-0.4, -0.2) is 38.1 Å². The summed E-state index contributed by atoms with van der Waals surface area (Å²) in [7, 11) is 7.21. The molecule has 3 N–H and O–H groups in total. The summed E-state index contributed by atoms with van der Waals surface area (Å²) in [4.78, 5) is 11.6. The summed E-state index contributed by atoms with van der Waals surface area (Å²) < 4.78 is 0. The molecule has 0 spiro atoms. The first-order valence-electron chi connectivity index (χ1n) is 8.11. The van der Waals surface area contributed by atoms with Gasteiger partial charge in [-0.2, -0.15) is 0 Å². The summed E-state index contributed by atoms with van der Waals surface area (Å²) in [6.45, 7) is 1.53. The molecule has 0 amide bonds. The molecule has 0 saturated heterocycles. The van der Waals surface area contributed by atoms with Gasteiger partial charge >= 0.3 is 5.97 Å². The largest absolute Gasteiger partial charge is 0.480 e. The number of rotatable bonds is 12. The van der Waals surface area contributed by atoms with Gasteiger partial charge in [0.05, 0.1) is 7.85 Å². The van der Waals surface area contributed by atoms with Gasteiger partial charge in [-0.1, -0.05) is 42.9 Å². The zero-order chi connectivity index (χ0) is 17.1. The van der Waals surface area contributed by atoms with Gasteiger partial charge in [0.1, 0.15) is 5.54 Å². The van der Waals surface area contributed by atoms with Crippen LogP contribution in [0.15, 0.2) is 24.3 Å². The number of carboxylic acids is 1. The molecule has 1 aromatic carbocycles. The number of hydrogen-bond donors (Lipinski definition) is 3. The fraction of sp³-hybridized carbons (Fsp3) is 0.588. The molecule has 0 aliphatic carbocycles. The highest BCUT2D eigenvalue weighted by atomic mass is 35.5. The van der Waals surface area contributed by atoms with Crippen molar-refractivity contribution in [2.45, 2.75) is 50.5 Å². The Morgan fingerprint density at radius 3 is 2.43 bits per heavy atom. The Kier molecular flexibility index (Phi) is 9.30. The van der Waals surface area contributed by atoms with Crippen molar-refractivity contribution in [3.05, 3.63) is 34.9 Å². The number of carboxylic acid groups (broad SMARTS) is 1. The third-order valence-corrected chi connectivity index (χ3v) is 4.40. The van der Waals surface area contributed by atoms with Crippen LogP contribution in [0.1, 0.15) is 37.7 Å². The monoisotopic (exact) mass is 336 g/mol. The summed E-state index contributed by atoms with van der Waals surface area (Å²) in [5.41, 5.74) is 0.312. The number of aliphatic carboxylic acids is 1. The van der Waals surface area contributed by atoms with Crippen LogP contribution in [0.2, 0.25) is 11.3 Å². The summed E-state index contributed by atoms with van der Waals surface area (Å²) in [6, 6.07) is 7.70. The van der Waals surface area contributed by atoms with Crippen molar-refractivity contribution in [1.29, 1.82) is 0 Å². The fourth-order valence-electron chi connectivity index (χ4n) is 2.62. The van der Waals surface area contributed by atoms with Crippen LogP contribution in [0.25, 0.3) is 0 Å². The van der Waals surface area contributed by atoms with Gasteiger partial charge < -0.3 is 15.7 Å². The molecule has 0 aromatic heterocycles. The summed E-state index contributed by atoms with van der Waals surface area (Å²) >= 11 is 5.85. The molecule has 0 heterocycles. The van der Waals surface area contributed by atoms with Crippen molar-refractivity contribution in [1.82, 2.24) is 10.6 Å². The highest BCUT2D eigenvalue weighted by molar-refractivity contribution is 6.30. The minimum absolute atomic E-state index is 0.594. The van der Waals surface area contributed by atoms with Gasteiger partial charge in [-0.05, 0) is 50.6 Å². The lowest BCUT2D eigenvalue weighted by atomic mass is 9.86. The zero-order valence-electron chi connectivity index (χ0n) is 13.8. The molecule has 126 valence electrons. The van der Waals surface area contributed by atoms with Crippen LogP contribution in [-0.2, 0) is 11.3 Å². The quantitative estimate of drug-likeness (QED) is 0.405. The Labute approximate surface area is 145 Å². The molecule has 2 radical (unpaired) electrons. The number of hydrogen-bond acceptors (Lipinski definition) is 3. The van der Waals surface area contributed by atoms with E-state index in [0.29, 0.717) is 19.2 Å². The zero-order valence-corrected chi connectivity index (χ0v) is 14.5. The minimum atomic E-state index is -0.850. The molecule has 1 atom stereocenters. The first-order valence-corrected chi connectivity index (χ1v) is 8.49. The van der Waals surface area contributed by atoms with Crippen LogP contribution in [0, 0.1) is 0 Å². The van der Waals surface area contributed by atoms with Crippen LogP contribution >= 0.6 is 11.6 Å². The van der Waals surface area contributed by atoms with Gasteiger partial charge in [-0.25, -0.2) is 0 Å². The van der Waals surface area contributed by atoms with Crippen LogP contribution in [0.3, 0.4) is 0 Å². The second-order valence-electron chi connectivity index (χ2n) is 5.79. The van der Waals surface area contributed by atoms with E-state index in [-0.39, 0.29) is 0 Å². The number of benzene rings is 1. The lowest BCUT2D eigenvalue weighted by Gasteiger charge is -2.29. The summed E-state index contributed by atoms with van der Waals surface area (Å²) in [5, 5.41) is 16.6. The Balaban J connectivity index is 2.36. The number of halogens is 1. The average Bonchev–Trinajstić information content (AvgIpc) is 2.54. The van der Waals surface area contributed by atoms with Crippen molar-refractivity contribution in [2.75, 3.05) is 13.6 Å². The number of nitrogens with one attached hydrogen (secondary N) is 2. The normalized spacial score (nSPS) is 13.7. The van der Waals surface area contributed by atoms with Crippen molar-refractivity contribution >= 4 is 25.4 Å². The first-order chi connectivity index (χ1) is 11.0. The van der Waals surface area contributed by atoms with E-state index in [1.807, 2.05) is 24.3 Å². The number of unbranched alkanes of at least 4 members (excludes halogenated alkanes) is 1. The van der Waals surface area contributed by atoms with E-state index in [4.69, 9.17) is 19.4 Å². The molecule has 0 fully saturated rings. The van der Waals surface area contributed by atoms with Gasteiger partial charge in [0.15, 0.2) is 0 Å². The molecule has 6 heteroatoms. The second-order valence-corrected chi connectivity index (χ2v) is 6.23. The SMILES string of the molecule is [B]CCCCC(CCCNCc1ccc(Cl)cc1)(NC)C(=O)O. The molecule has 23 heavy (non-hydrogen) atoms. The van der Waals surface area contributed by atoms with Crippen molar-refractivity contribution in [3.8, 4) is 0 Å². The van der Waals surface area contributed by atoms with Gasteiger partial charge in [-0.3, -0.25) is 4.79 Å². The molecular formula is C17H26BClN2O2. The number of carbonyl (C=O) groups is 1. The Morgan fingerprint density at radius 1 is 1.22 bits per heavy atom. The fourth-order valence-corrected chi connectivity index (χ4v) is 2.74.